The van der Waals surface area contributed by atoms with Gasteiger partial charge < -0.3 is 9.84 Å². The smallest absolute Gasteiger partial charge is 0.331 e. The summed E-state index contributed by atoms with van der Waals surface area (Å²) in [7, 11) is 0. The van der Waals surface area contributed by atoms with Gasteiger partial charge in [0.15, 0.2) is 0 Å². The number of carbonyl (C=O) groups is 2. The van der Waals surface area contributed by atoms with Crippen molar-refractivity contribution in [3.05, 3.63) is 12.2 Å². The molecule has 4 nitrogen and oxygen atoms in total. The Morgan fingerprint density at radius 1 is 1.50 bits per heavy atom. The van der Waals surface area contributed by atoms with Crippen LogP contribution in [0.4, 0.5) is 0 Å². The van der Waals surface area contributed by atoms with Gasteiger partial charge in [-0.2, -0.15) is 0 Å². The van der Waals surface area contributed by atoms with Crippen LogP contribution in [-0.4, -0.2) is 29.5 Å². The Balaban J connectivity index is 3.50. The van der Waals surface area contributed by atoms with Gasteiger partial charge >= 0.3 is 11.9 Å². The summed E-state index contributed by atoms with van der Waals surface area (Å²) in [6.45, 7) is 3.26. The molecule has 12 heavy (non-hydrogen) atoms. The number of carbonyl (C=O) groups excluding carboxylic acids is 1. The lowest BCUT2D eigenvalue weighted by molar-refractivity contribution is -0.141. The molecule has 0 saturated heterocycles. The van der Waals surface area contributed by atoms with Gasteiger partial charge in [-0.05, 0) is 0 Å². The van der Waals surface area contributed by atoms with E-state index in [1.54, 1.807) is 0 Å². The van der Waals surface area contributed by atoms with Gasteiger partial charge in [0.05, 0.1) is 6.61 Å². The third kappa shape index (κ3) is 4.73. The van der Waals surface area contributed by atoms with E-state index in [1.165, 1.54) is 0 Å². The van der Waals surface area contributed by atoms with Gasteiger partial charge in [-0.15, -0.1) is 11.6 Å². The highest BCUT2D eigenvalue weighted by molar-refractivity contribution is 6.26. The van der Waals surface area contributed by atoms with Gasteiger partial charge in [0.25, 0.3) is 0 Å². The van der Waals surface area contributed by atoms with Crippen molar-refractivity contribution in [2.45, 2.75) is 6.42 Å². The monoisotopic (exact) mass is 192 g/mol. The maximum absolute atomic E-state index is 10.4. The fourth-order valence-electron chi connectivity index (χ4n) is 0.434. The Labute approximate surface area is 74.8 Å². The van der Waals surface area contributed by atoms with Crippen molar-refractivity contribution in [2.24, 2.45) is 0 Å². The summed E-state index contributed by atoms with van der Waals surface area (Å²) in [5.41, 5.74) is 0.0115. The molecule has 0 atom stereocenters. The van der Waals surface area contributed by atoms with E-state index < -0.39 is 11.9 Å². The van der Waals surface area contributed by atoms with Crippen LogP contribution >= 0.6 is 11.6 Å². The molecule has 0 unspecified atom stereocenters. The standard InChI is InChI=1S/C7H9ClO4/c1-5(7(10)11)2-3-12-6(9)4-8/h1-4H2,(H,10,11). The fraction of sp³-hybridized carbons (Fsp3) is 0.429. The minimum absolute atomic E-state index is 0.0106. The molecular formula is C7H9ClO4. The Bertz CT molecular complexity index is 200. The lowest BCUT2D eigenvalue weighted by Gasteiger charge is -2.01. The summed E-state index contributed by atoms with van der Waals surface area (Å²) in [5, 5.41) is 8.34. The molecule has 0 saturated carbocycles. The molecule has 0 bridgehead atoms. The van der Waals surface area contributed by atoms with E-state index in [4.69, 9.17) is 16.7 Å². The van der Waals surface area contributed by atoms with Gasteiger partial charge in [-0.25, -0.2) is 4.79 Å². The van der Waals surface area contributed by atoms with Gasteiger partial charge in [-0.1, -0.05) is 6.58 Å². The number of rotatable bonds is 5. The first-order valence-corrected chi connectivity index (χ1v) is 3.74. The molecule has 68 valence electrons. The minimum Gasteiger partial charge on any atom is -0.478 e. The molecule has 0 aromatic heterocycles. The summed E-state index contributed by atoms with van der Waals surface area (Å²) in [6.07, 6.45) is 0.123. The number of hydrogen-bond acceptors (Lipinski definition) is 3. The van der Waals surface area contributed by atoms with Crippen molar-refractivity contribution in [2.75, 3.05) is 12.5 Å². The van der Waals surface area contributed by atoms with Crippen molar-refractivity contribution in [3.8, 4) is 0 Å². The van der Waals surface area contributed by atoms with Crippen LogP contribution in [0.3, 0.4) is 0 Å². The lowest BCUT2D eigenvalue weighted by Crippen LogP contribution is -2.09. The van der Waals surface area contributed by atoms with Crippen LogP contribution < -0.4 is 0 Å². The molecule has 0 aromatic rings. The van der Waals surface area contributed by atoms with E-state index in [1.807, 2.05) is 0 Å². The summed E-state index contributed by atoms with van der Waals surface area (Å²) < 4.78 is 4.52. The van der Waals surface area contributed by atoms with Crippen LogP contribution in [0.25, 0.3) is 0 Å². The van der Waals surface area contributed by atoms with Crippen LogP contribution in [0.5, 0.6) is 0 Å². The topological polar surface area (TPSA) is 63.6 Å². The fourth-order valence-corrected chi connectivity index (χ4v) is 0.511. The Morgan fingerprint density at radius 2 is 2.08 bits per heavy atom. The van der Waals surface area contributed by atoms with Crippen LogP contribution in [0.2, 0.25) is 0 Å². The third-order valence-corrected chi connectivity index (χ3v) is 1.30. The normalized spacial score (nSPS) is 9.08. The Kier molecular flexibility index (Phi) is 5.12. The van der Waals surface area contributed by atoms with Crippen LogP contribution in [0, 0.1) is 0 Å². The highest BCUT2D eigenvalue weighted by atomic mass is 35.5. The van der Waals surface area contributed by atoms with E-state index in [-0.39, 0.29) is 24.5 Å². The first-order valence-electron chi connectivity index (χ1n) is 3.20. The maximum atomic E-state index is 10.4. The van der Waals surface area contributed by atoms with E-state index in [0.717, 1.165) is 0 Å². The molecule has 0 radical (unpaired) electrons. The molecule has 1 N–H and O–H groups in total. The molecule has 0 aliphatic carbocycles. The molecule has 0 aromatic carbocycles. The quantitative estimate of drug-likeness (QED) is 0.398. The number of carboxylic acid groups (broad SMARTS) is 1. The first kappa shape index (κ1) is 11.0. The molecular weight excluding hydrogens is 184 g/mol. The zero-order valence-electron chi connectivity index (χ0n) is 6.38. The minimum atomic E-state index is -1.09. The van der Waals surface area contributed by atoms with Crippen molar-refractivity contribution in [1.82, 2.24) is 0 Å². The average Bonchev–Trinajstić information content (AvgIpc) is 2.03. The predicted molar refractivity (Wildman–Crippen MR) is 43.1 cm³/mol. The van der Waals surface area contributed by atoms with Crippen LogP contribution in [0.15, 0.2) is 12.2 Å². The number of halogens is 1. The number of aliphatic carboxylic acids is 1. The molecule has 0 fully saturated rings. The zero-order chi connectivity index (χ0) is 9.56. The number of ether oxygens (including phenoxy) is 1. The van der Waals surface area contributed by atoms with E-state index in [0.29, 0.717) is 0 Å². The van der Waals surface area contributed by atoms with Gasteiger partial charge in [-0.3, -0.25) is 4.79 Å². The zero-order valence-corrected chi connectivity index (χ0v) is 7.13. The van der Waals surface area contributed by atoms with Crippen molar-refractivity contribution < 1.29 is 19.4 Å². The van der Waals surface area contributed by atoms with E-state index in [2.05, 4.69) is 11.3 Å². The molecule has 0 spiro atoms. The molecule has 5 heteroatoms. The molecule has 0 heterocycles. The number of alkyl halides is 1. The van der Waals surface area contributed by atoms with Crippen molar-refractivity contribution in [3.63, 3.8) is 0 Å². The molecule has 0 aliphatic rings. The van der Waals surface area contributed by atoms with E-state index >= 15 is 0 Å². The van der Waals surface area contributed by atoms with Gasteiger partial charge in [0.2, 0.25) is 0 Å². The number of esters is 1. The number of hydrogen-bond donors (Lipinski definition) is 1. The van der Waals surface area contributed by atoms with Crippen LogP contribution in [-0.2, 0) is 14.3 Å². The third-order valence-electron chi connectivity index (χ3n) is 1.08. The largest absolute Gasteiger partial charge is 0.478 e. The van der Waals surface area contributed by atoms with Gasteiger partial charge in [0.1, 0.15) is 5.88 Å². The lowest BCUT2D eigenvalue weighted by atomic mass is 10.2. The maximum Gasteiger partial charge on any atom is 0.331 e. The summed E-state index contributed by atoms with van der Waals surface area (Å²) in [6, 6.07) is 0. The molecule has 0 aliphatic heterocycles. The summed E-state index contributed by atoms with van der Waals surface area (Å²) in [5.74, 6) is -1.87. The SMILES string of the molecule is C=C(CCOC(=O)CCl)C(=O)O. The summed E-state index contributed by atoms with van der Waals surface area (Å²) in [4.78, 5) is 20.6. The molecule has 0 rings (SSSR count). The summed E-state index contributed by atoms with van der Waals surface area (Å²) >= 11 is 5.12. The Morgan fingerprint density at radius 3 is 2.50 bits per heavy atom. The average molecular weight is 193 g/mol. The molecule has 0 amide bonds. The van der Waals surface area contributed by atoms with Crippen molar-refractivity contribution in [1.29, 1.82) is 0 Å². The van der Waals surface area contributed by atoms with Crippen molar-refractivity contribution >= 4 is 23.5 Å². The second-order valence-corrected chi connectivity index (χ2v) is 2.28. The number of carboxylic acids is 1. The van der Waals surface area contributed by atoms with E-state index in [9.17, 15) is 9.59 Å². The van der Waals surface area contributed by atoms with Crippen LogP contribution in [0.1, 0.15) is 6.42 Å². The second kappa shape index (κ2) is 5.60. The van der Waals surface area contributed by atoms with Gasteiger partial charge in [0, 0.05) is 12.0 Å². The highest BCUT2D eigenvalue weighted by Crippen LogP contribution is 1.98. The predicted octanol–water partition coefficient (Wildman–Crippen LogP) is 0.799. The first-order chi connectivity index (χ1) is 5.57. The highest BCUT2D eigenvalue weighted by Gasteiger charge is 2.05. The second-order valence-electron chi connectivity index (χ2n) is 2.01. The Hall–Kier alpha value is -1.03.